The van der Waals surface area contributed by atoms with Crippen LogP contribution in [-0.4, -0.2) is 8.07 Å². The maximum Gasteiger partial charge on any atom is 0.187 e. The van der Waals surface area contributed by atoms with Gasteiger partial charge in [-0.1, -0.05) is 78.9 Å². The van der Waals surface area contributed by atoms with Crippen molar-refractivity contribution in [2.45, 2.75) is 26.6 Å². The van der Waals surface area contributed by atoms with Crippen molar-refractivity contribution in [3.05, 3.63) is 192 Å². The average molecular weight is 829 g/mol. The fraction of sp³-hybridized carbons (Fsp3) is 0.0714. The van der Waals surface area contributed by atoms with Crippen LogP contribution in [0.1, 0.15) is 11.1 Å². The lowest BCUT2D eigenvalue weighted by Gasteiger charge is -2.27. The fourth-order valence-electron chi connectivity index (χ4n) is 8.84. The van der Waals surface area contributed by atoms with Crippen LogP contribution >= 0.6 is 0 Å². The summed E-state index contributed by atoms with van der Waals surface area (Å²) in [6, 6.07) is 61.2. The molecule has 2 aromatic heterocycles. The summed E-state index contributed by atoms with van der Waals surface area (Å²) in [4.78, 5) is 8.07. The number of nitriles is 1. The first-order chi connectivity index (χ1) is 30.6. The number of aryl methyl sites for hydroxylation is 1. The standard InChI is InChI=1S/C56H40N4O2Si/c1-35-6-14-42(15-7-35)59(44-20-12-41(58-2)13-21-44)46-18-10-37-28-49-51-32-56-52(33-55(51)61-53(49)30-39(37)26-46)50-29-38-11-19-47(27-40(38)31-54(50)62-56)60(43-16-8-36(34-57)9-17-43)45-22-24-48(25-23-45)63(3,4)5/h6-33H,1,3-5H3. The van der Waals surface area contributed by atoms with Crippen molar-refractivity contribution in [2.24, 2.45) is 0 Å². The van der Waals surface area contributed by atoms with E-state index in [1.807, 2.05) is 48.5 Å². The van der Waals surface area contributed by atoms with Crippen molar-refractivity contribution >= 4 is 118 Å². The highest BCUT2D eigenvalue weighted by atomic mass is 28.3. The van der Waals surface area contributed by atoms with Crippen LogP contribution in [0, 0.1) is 24.8 Å². The Balaban J connectivity index is 0.984. The van der Waals surface area contributed by atoms with Gasteiger partial charge in [-0.2, -0.15) is 5.26 Å². The van der Waals surface area contributed by atoms with Crippen molar-refractivity contribution in [1.82, 2.24) is 0 Å². The third kappa shape index (κ3) is 6.64. The molecular weight excluding hydrogens is 789 g/mol. The molecule has 6 nitrogen and oxygen atoms in total. The zero-order chi connectivity index (χ0) is 43.0. The fourth-order valence-corrected chi connectivity index (χ4v) is 10.0. The van der Waals surface area contributed by atoms with Crippen molar-refractivity contribution in [3.63, 3.8) is 0 Å². The number of furan rings is 2. The van der Waals surface area contributed by atoms with Gasteiger partial charge < -0.3 is 18.6 Å². The highest BCUT2D eigenvalue weighted by molar-refractivity contribution is 6.88. The van der Waals surface area contributed by atoms with Crippen molar-refractivity contribution in [1.29, 1.82) is 5.26 Å². The van der Waals surface area contributed by atoms with Gasteiger partial charge in [0.1, 0.15) is 22.3 Å². The number of nitrogens with zero attached hydrogens (tertiary/aromatic N) is 4. The van der Waals surface area contributed by atoms with Gasteiger partial charge in [0.2, 0.25) is 0 Å². The maximum atomic E-state index is 9.51. The van der Waals surface area contributed by atoms with Gasteiger partial charge >= 0.3 is 0 Å². The zero-order valence-electron chi connectivity index (χ0n) is 35.3. The van der Waals surface area contributed by atoms with Gasteiger partial charge in [-0.25, -0.2) is 4.85 Å². The van der Waals surface area contributed by atoms with E-state index in [0.29, 0.717) is 11.3 Å². The highest BCUT2D eigenvalue weighted by Crippen LogP contribution is 2.43. The molecule has 0 N–H and O–H groups in total. The summed E-state index contributed by atoms with van der Waals surface area (Å²) in [7, 11) is -1.48. The number of rotatable bonds is 7. The molecule has 0 saturated carbocycles. The van der Waals surface area contributed by atoms with E-state index in [2.05, 4.69) is 169 Å². The Bertz CT molecular complexity index is 3680. The Morgan fingerprint density at radius 2 is 0.857 bits per heavy atom. The molecule has 0 fully saturated rings. The van der Waals surface area contributed by atoms with Crippen LogP contribution in [0.2, 0.25) is 19.6 Å². The van der Waals surface area contributed by atoms with E-state index in [1.54, 1.807) is 0 Å². The largest absolute Gasteiger partial charge is 0.456 e. The zero-order valence-corrected chi connectivity index (χ0v) is 36.3. The summed E-state index contributed by atoms with van der Waals surface area (Å²) in [6.07, 6.45) is 0. The first-order valence-corrected chi connectivity index (χ1v) is 24.6. The Hall–Kier alpha value is -8.10. The average Bonchev–Trinajstić information content (AvgIpc) is 3.83. The van der Waals surface area contributed by atoms with Crippen molar-refractivity contribution in [3.8, 4) is 6.07 Å². The van der Waals surface area contributed by atoms with Gasteiger partial charge in [0.15, 0.2) is 5.69 Å². The molecule has 9 aromatic carbocycles. The summed E-state index contributed by atoms with van der Waals surface area (Å²) in [6.45, 7) is 16.6. The van der Waals surface area contributed by atoms with Crippen LogP contribution in [0.5, 0.6) is 0 Å². The van der Waals surface area contributed by atoms with Gasteiger partial charge in [0.25, 0.3) is 0 Å². The smallest absolute Gasteiger partial charge is 0.187 e. The summed E-state index contributed by atoms with van der Waals surface area (Å²) < 4.78 is 13.3. The Morgan fingerprint density at radius 1 is 0.460 bits per heavy atom. The number of fused-ring (bicyclic) bond motifs is 8. The molecule has 0 aliphatic carbocycles. The van der Waals surface area contributed by atoms with E-state index >= 15 is 0 Å². The predicted octanol–water partition coefficient (Wildman–Crippen LogP) is 16.0. The number of hydrogen-bond donors (Lipinski definition) is 0. The van der Waals surface area contributed by atoms with Gasteiger partial charge in [-0.3, -0.25) is 0 Å². The van der Waals surface area contributed by atoms with E-state index < -0.39 is 8.07 Å². The lowest BCUT2D eigenvalue weighted by atomic mass is 10.0. The summed E-state index contributed by atoms with van der Waals surface area (Å²) in [5.41, 5.74) is 11.8. The minimum absolute atomic E-state index is 0.610. The Morgan fingerprint density at radius 3 is 1.30 bits per heavy atom. The minimum Gasteiger partial charge on any atom is -0.456 e. The van der Waals surface area contributed by atoms with Crippen LogP contribution in [0.15, 0.2) is 179 Å². The molecule has 11 rings (SSSR count). The monoisotopic (exact) mass is 828 g/mol. The van der Waals surface area contributed by atoms with E-state index in [4.69, 9.17) is 15.4 Å². The van der Waals surface area contributed by atoms with E-state index in [9.17, 15) is 5.26 Å². The molecule has 0 unspecified atom stereocenters. The van der Waals surface area contributed by atoms with E-state index in [-0.39, 0.29) is 0 Å². The SMILES string of the molecule is [C-]#[N+]c1ccc(N(c2ccc(C)cc2)c2ccc3cc4c(cc3c2)oc2cc3c(cc24)oc2cc4cc(N(c5ccc(C#N)cc5)c5ccc([Si](C)(C)C)cc5)ccc4cc23)cc1. The van der Waals surface area contributed by atoms with Gasteiger partial charge in [0, 0.05) is 55.7 Å². The molecule has 11 aromatic rings. The molecule has 0 aliphatic heterocycles. The highest BCUT2D eigenvalue weighted by Gasteiger charge is 2.20. The molecule has 0 amide bonds. The molecule has 0 spiro atoms. The van der Waals surface area contributed by atoms with Crippen LogP contribution in [0.4, 0.5) is 39.8 Å². The Labute approximate surface area is 365 Å². The van der Waals surface area contributed by atoms with Gasteiger partial charge in [-0.05, 0) is 150 Å². The molecule has 0 atom stereocenters. The molecule has 0 bridgehead atoms. The van der Waals surface area contributed by atoms with Crippen molar-refractivity contribution < 1.29 is 8.83 Å². The molecule has 0 radical (unpaired) electrons. The summed E-state index contributed by atoms with van der Waals surface area (Å²) in [5.74, 6) is 0. The van der Waals surface area contributed by atoms with Crippen LogP contribution < -0.4 is 15.0 Å². The number of hydrogen-bond acceptors (Lipinski definition) is 5. The lowest BCUT2D eigenvalue weighted by molar-refractivity contribution is 0.664. The first-order valence-electron chi connectivity index (χ1n) is 21.1. The summed E-state index contributed by atoms with van der Waals surface area (Å²) >= 11 is 0. The van der Waals surface area contributed by atoms with E-state index in [0.717, 1.165) is 99.5 Å². The molecular formula is C56H40N4O2Si. The van der Waals surface area contributed by atoms with Crippen LogP contribution in [-0.2, 0) is 0 Å². The van der Waals surface area contributed by atoms with Crippen molar-refractivity contribution in [2.75, 3.05) is 9.80 Å². The maximum absolute atomic E-state index is 9.51. The molecule has 0 saturated heterocycles. The summed E-state index contributed by atoms with van der Waals surface area (Å²) in [5, 5.41) is 19.4. The minimum atomic E-state index is -1.48. The normalized spacial score (nSPS) is 11.8. The quantitative estimate of drug-likeness (QED) is 0.118. The molecule has 63 heavy (non-hydrogen) atoms. The topological polar surface area (TPSA) is 60.9 Å². The predicted molar refractivity (Wildman–Crippen MR) is 264 cm³/mol. The molecule has 0 aliphatic rings. The molecule has 300 valence electrons. The van der Waals surface area contributed by atoms with Crippen LogP contribution in [0.25, 0.3) is 70.3 Å². The van der Waals surface area contributed by atoms with Gasteiger partial charge in [0.05, 0.1) is 26.3 Å². The first kappa shape index (κ1) is 37.9. The van der Waals surface area contributed by atoms with Crippen LogP contribution in [0.3, 0.4) is 0 Å². The lowest BCUT2D eigenvalue weighted by Crippen LogP contribution is -2.37. The number of benzene rings is 9. The molecule has 7 heteroatoms. The molecule has 2 heterocycles. The third-order valence-electron chi connectivity index (χ3n) is 12.2. The second-order valence-corrected chi connectivity index (χ2v) is 22.5. The third-order valence-corrected chi connectivity index (χ3v) is 14.3. The van der Waals surface area contributed by atoms with Gasteiger partial charge in [-0.15, -0.1) is 0 Å². The van der Waals surface area contributed by atoms with E-state index in [1.165, 1.54) is 10.8 Å². The number of anilines is 6. The second kappa shape index (κ2) is 14.5. The Kier molecular flexibility index (Phi) is 8.73. The second-order valence-electron chi connectivity index (χ2n) is 17.4.